The highest BCUT2D eigenvalue weighted by Crippen LogP contribution is 2.11. The maximum Gasteiger partial charge on any atom is 0.101 e. The number of para-hydroxylation sites is 1. The summed E-state index contributed by atoms with van der Waals surface area (Å²) in [5, 5.41) is 9.62. The molecule has 1 aromatic carbocycles. The van der Waals surface area contributed by atoms with Gasteiger partial charge in [-0.15, -0.1) is 0 Å². The Bertz CT molecular complexity index is 460. The molecule has 2 aromatic rings. The van der Waals surface area contributed by atoms with E-state index in [0.29, 0.717) is 5.56 Å². The molecule has 3 heteroatoms. The normalized spacial score (nSPS) is 8.85. The summed E-state index contributed by atoms with van der Waals surface area (Å²) in [6.07, 6.45) is 1.59. The Morgan fingerprint density at radius 1 is 1.23 bits per heavy atom. The Hall–Kier alpha value is -1.92. The van der Waals surface area contributed by atoms with Crippen LogP contribution < -0.4 is 0 Å². The summed E-state index contributed by atoms with van der Waals surface area (Å²) in [5.74, 6) is 0. The predicted molar refractivity (Wildman–Crippen MR) is 50.1 cm³/mol. The lowest BCUT2D eigenvalue weighted by molar-refractivity contribution is 0.824. The number of nitriles is 1. The van der Waals surface area contributed by atoms with Crippen LogP contribution in [-0.2, 0) is 0 Å². The number of fused-ring (bicyclic) bond motifs is 1. The molecule has 13 heavy (non-hydrogen) atoms. The molecular formula is C10H8N2O. The zero-order chi connectivity index (χ0) is 8.39. The maximum absolute atomic E-state index is 8.61. The van der Waals surface area contributed by atoms with E-state index in [9.17, 15) is 0 Å². The second-order valence-corrected chi connectivity index (χ2v) is 2.53. The number of rotatable bonds is 0. The standard InChI is InChI=1S/C10H6N2.H2O/c11-6-8-5-9-3-1-2-4-10(9)12-7-8;/h1-5,7H;1H2. The summed E-state index contributed by atoms with van der Waals surface area (Å²) in [5.41, 5.74) is 1.53. The molecule has 64 valence electrons. The minimum Gasteiger partial charge on any atom is -0.412 e. The van der Waals surface area contributed by atoms with Crippen molar-refractivity contribution in [1.82, 2.24) is 4.98 Å². The molecule has 0 aliphatic carbocycles. The van der Waals surface area contributed by atoms with E-state index < -0.39 is 0 Å². The van der Waals surface area contributed by atoms with Crippen LogP contribution in [0.25, 0.3) is 10.9 Å². The SMILES string of the molecule is N#Cc1cnc2ccccc2c1.O. The van der Waals surface area contributed by atoms with Crippen LogP contribution in [0, 0.1) is 11.3 Å². The van der Waals surface area contributed by atoms with Crippen molar-refractivity contribution < 1.29 is 5.48 Å². The van der Waals surface area contributed by atoms with Gasteiger partial charge in [0.25, 0.3) is 0 Å². The topological polar surface area (TPSA) is 68.2 Å². The van der Waals surface area contributed by atoms with Gasteiger partial charge >= 0.3 is 0 Å². The molecule has 0 aliphatic rings. The highest BCUT2D eigenvalue weighted by atomic mass is 16.0. The number of hydrogen-bond donors (Lipinski definition) is 0. The van der Waals surface area contributed by atoms with Crippen LogP contribution in [0.5, 0.6) is 0 Å². The molecule has 0 fully saturated rings. The molecular weight excluding hydrogens is 164 g/mol. The van der Waals surface area contributed by atoms with E-state index in [1.165, 1.54) is 0 Å². The summed E-state index contributed by atoms with van der Waals surface area (Å²) in [4.78, 5) is 4.13. The number of nitrogens with zero attached hydrogens (tertiary/aromatic N) is 2. The maximum atomic E-state index is 8.61. The third-order valence-electron chi connectivity index (χ3n) is 1.72. The minimum absolute atomic E-state index is 0. The van der Waals surface area contributed by atoms with Crippen molar-refractivity contribution in [3.05, 3.63) is 42.1 Å². The van der Waals surface area contributed by atoms with Gasteiger partial charge in [0, 0.05) is 11.6 Å². The van der Waals surface area contributed by atoms with Crippen LogP contribution in [0.15, 0.2) is 36.5 Å². The Labute approximate surface area is 75.6 Å². The molecule has 0 unspecified atom stereocenters. The minimum atomic E-state index is 0. The third kappa shape index (κ3) is 1.63. The molecule has 0 bridgehead atoms. The lowest BCUT2D eigenvalue weighted by Crippen LogP contribution is -1.80. The van der Waals surface area contributed by atoms with Crippen molar-refractivity contribution in [1.29, 1.82) is 5.26 Å². The summed E-state index contributed by atoms with van der Waals surface area (Å²) in [6, 6.07) is 11.6. The fraction of sp³-hybridized carbons (Fsp3) is 0. The number of aromatic nitrogens is 1. The number of hydrogen-bond acceptors (Lipinski definition) is 2. The van der Waals surface area contributed by atoms with Crippen LogP contribution in [0.4, 0.5) is 0 Å². The third-order valence-corrected chi connectivity index (χ3v) is 1.72. The van der Waals surface area contributed by atoms with Crippen molar-refractivity contribution in [3.63, 3.8) is 0 Å². The van der Waals surface area contributed by atoms with Gasteiger partial charge < -0.3 is 5.48 Å². The molecule has 0 amide bonds. The highest BCUT2D eigenvalue weighted by molar-refractivity contribution is 5.79. The molecule has 0 saturated carbocycles. The summed E-state index contributed by atoms with van der Waals surface area (Å²) < 4.78 is 0. The first kappa shape index (κ1) is 9.17. The summed E-state index contributed by atoms with van der Waals surface area (Å²) >= 11 is 0. The first-order chi connectivity index (χ1) is 5.90. The molecule has 0 saturated heterocycles. The largest absolute Gasteiger partial charge is 0.412 e. The van der Waals surface area contributed by atoms with Crippen molar-refractivity contribution in [2.75, 3.05) is 0 Å². The van der Waals surface area contributed by atoms with Gasteiger partial charge in [0.2, 0.25) is 0 Å². The van der Waals surface area contributed by atoms with Gasteiger partial charge in [-0.3, -0.25) is 4.98 Å². The molecule has 2 N–H and O–H groups in total. The van der Waals surface area contributed by atoms with Crippen LogP contribution in [-0.4, -0.2) is 10.5 Å². The lowest BCUT2D eigenvalue weighted by Gasteiger charge is -1.94. The Morgan fingerprint density at radius 3 is 2.77 bits per heavy atom. The van der Waals surface area contributed by atoms with Crippen molar-refractivity contribution in [2.24, 2.45) is 0 Å². The average Bonchev–Trinajstić information content (AvgIpc) is 2.17. The van der Waals surface area contributed by atoms with Gasteiger partial charge in [0.05, 0.1) is 11.1 Å². The van der Waals surface area contributed by atoms with E-state index in [1.807, 2.05) is 30.3 Å². The van der Waals surface area contributed by atoms with Gasteiger partial charge in [0.15, 0.2) is 0 Å². The molecule has 1 heterocycles. The zero-order valence-corrected chi connectivity index (χ0v) is 6.86. The van der Waals surface area contributed by atoms with E-state index in [4.69, 9.17) is 5.26 Å². The van der Waals surface area contributed by atoms with Gasteiger partial charge in [-0.05, 0) is 12.1 Å². The van der Waals surface area contributed by atoms with Crippen molar-refractivity contribution >= 4 is 10.9 Å². The van der Waals surface area contributed by atoms with E-state index in [1.54, 1.807) is 6.20 Å². The van der Waals surface area contributed by atoms with E-state index in [2.05, 4.69) is 11.1 Å². The lowest BCUT2D eigenvalue weighted by atomic mass is 10.2. The van der Waals surface area contributed by atoms with Crippen molar-refractivity contribution in [3.8, 4) is 6.07 Å². The molecule has 3 nitrogen and oxygen atoms in total. The smallest absolute Gasteiger partial charge is 0.101 e. The Balaban J connectivity index is 0.000000845. The van der Waals surface area contributed by atoms with E-state index >= 15 is 0 Å². The van der Waals surface area contributed by atoms with Gasteiger partial charge in [0.1, 0.15) is 6.07 Å². The highest BCUT2D eigenvalue weighted by Gasteiger charge is 1.94. The summed E-state index contributed by atoms with van der Waals surface area (Å²) in [6.45, 7) is 0. The fourth-order valence-electron chi connectivity index (χ4n) is 1.13. The first-order valence-corrected chi connectivity index (χ1v) is 3.65. The second kappa shape index (κ2) is 3.65. The predicted octanol–water partition coefficient (Wildman–Crippen LogP) is 1.28. The van der Waals surface area contributed by atoms with Crippen LogP contribution in [0.1, 0.15) is 5.56 Å². The van der Waals surface area contributed by atoms with Gasteiger partial charge in [-0.25, -0.2) is 0 Å². The van der Waals surface area contributed by atoms with Crippen LogP contribution >= 0.6 is 0 Å². The monoisotopic (exact) mass is 172 g/mol. The fourth-order valence-corrected chi connectivity index (χ4v) is 1.13. The van der Waals surface area contributed by atoms with Crippen molar-refractivity contribution in [2.45, 2.75) is 0 Å². The van der Waals surface area contributed by atoms with Gasteiger partial charge in [-0.2, -0.15) is 5.26 Å². The van der Waals surface area contributed by atoms with Gasteiger partial charge in [-0.1, -0.05) is 18.2 Å². The molecule has 0 spiro atoms. The van der Waals surface area contributed by atoms with Crippen LogP contribution in [0.3, 0.4) is 0 Å². The summed E-state index contributed by atoms with van der Waals surface area (Å²) in [7, 11) is 0. The Morgan fingerprint density at radius 2 is 2.00 bits per heavy atom. The average molecular weight is 172 g/mol. The molecule has 1 aromatic heterocycles. The van der Waals surface area contributed by atoms with E-state index in [0.717, 1.165) is 10.9 Å². The second-order valence-electron chi connectivity index (χ2n) is 2.53. The molecule has 2 rings (SSSR count). The molecule has 0 radical (unpaired) electrons. The van der Waals surface area contributed by atoms with Crippen LogP contribution in [0.2, 0.25) is 0 Å². The first-order valence-electron chi connectivity index (χ1n) is 3.65. The van der Waals surface area contributed by atoms with E-state index in [-0.39, 0.29) is 5.48 Å². The number of pyridine rings is 1. The number of benzene rings is 1. The molecule has 0 aliphatic heterocycles. The zero-order valence-electron chi connectivity index (χ0n) is 6.86. The Kier molecular flexibility index (Phi) is 2.58. The quantitative estimate of drug-likeness (QED) is 0.600. The molecule has 0 atom stereocenters.